The zero-order valence-corrected chi connectivity index (χ0v) is 24.6. The maximum atomic E-state index is 5.29. The van der Waals surface area contributed by atoms with Gasteiger partial charge in [-0.3, -0.25) is 0 Å². The molecule has 0 aliphatic carbocycles. The van der Waals surface area contributed by atoms with Crippen LogP contribution in [0.15, 0.2) is 176 Å². The molecule has 0 N–H and O–H groups in total. The Bertz CT molecular complexity index is 2210. The highest BCUT2D eigenvalue weighted by Gasteiger charge is 2.16. The molecule has 3 nitrogen and oxygen atoms in total. The first-order valence-electron chi connectivity index (χ1n) is 15.2. The highest BCUT2D eigenvalue weighted by molar-refractivity contribution is 6.06. The van der Waals surface area contributed by atoms with E-state index in [1.165, 1.54) is 0 Å². The summed E-state index contributed by atoms with van der Waals surface area (Å²) >= 11 is 0. The summed E-state index contributed by atoms with van der Waals surface area (Å²) in [6.45, 7) is 0. The van der Waals surface area contributed by atoms with E-state index in [2.05, 4.69) is 157 Å². The Labute approximate surface area is 262 Å². The minimum absolute atomic E-state index is 0.886. The average molecular weight is 576 g/mol. The molecule has 0 unspecified atom stereocenters. The fourth-order valence-corrected chi connectivity index (χ4v) is 6.05. The molecule has 0 spiro atoms. The zero-order chi connectivity index (χ0) is 30.0. The number of hydrogen-bond donors (Lipinski definition) is 0. The summed E-state index contributed by atoms with van der Waals surface area (Å²) in [7, 11) is 0. The van der Waals surface area contributed by atoms with Crippen LogP contribution in [0.1, 0.15) is 0 Å². The Morgan fingerprint density at radius 2 is 0.867 bits per heavy atom. The van der Waals surface area contributed by atoms with Crippen molar-refractivity contribution in [1.82, 2.24) is 9.97 Å². The molecule has 0 aliphatic rings. The van der Waals surface area contributed by atoms with Crippen LogP contribution in [0.4, 0.5) is 17.1 Å². The molecule has 0 aliphatic heterocycles. The van der Waals surface area contributed by atoms with E-state index >= 15 is 0 Å². The molecule has 7 aromatic carbocycles. The van der Waals surface area contributed by atoms with Crippen LogP contribution >= 0.6 is 0 Å². The summed E-state index contributed by atoms with van der Waals surface area (Å²) in [5.74, 6) is 0. The van der Waals surface area contributed by atoms with Crippen molar-refractivity contribution in [3.63, 3.8) is 0 Å². The molecule has 8 rings (SSSR count). The van der Waals surface area contributed by atoms with Crippen LogP contribution in [0.2, 0.25) is 0 Å². The number of anilines is 3. The van der Waals surface area contributed by atoms with E-state index in [1.54, 1.807) is 0 Å². The summed E-state index contributed by atoms with van der Waals surface area (Å²) in [6, 6.07) is 61.3. The summed E-state index contributed by atoms with van der Waals surface area (Å²) in [5.41, 5.74) is 11.3. The van der Waals surface area contributed by atoms with E-state index in [0.29, 0.717) is 0 Å². The van der Waals surface area contributed by atoms with Crippen LogP contribution in [0.25, 0.3) is 55.4 Å². The van der Waals surface area contributed by atoms with Crippen LogP contribution in [-0.4, -0.2) is 9.97 Å². The third-order valence-corrected chi connectivity index (χ3v) is 8.21. The van der Waals surface area contributed by atoms with Crippen LogP contribution in [-0.2, 0) is 0 Å². The largest absolute Gasteiger partial charge is 0.310 e. The Balaban J connectivity index is 1.25. The van der Waals surface area contributed by atoms with Crippen molar-refractivity contribution in [2.24, 2.45) is 0 Å². The Kier molecular flexibility index (Phi) is 6.82. The first-order chi connectivity index (χ1) is 22.3. The molecular formula is C42H29N3. The Morgan fingerprint density at radius 1 is 0.356 bits per heavy atom. The summed E-state index contributed by atoms with van der Waals surface area (Å²) < 4.78 is 0. The van der Waals surface area contributed by atoms with Gasteiger partial charge in [0.15, 0.2) is 0 Å². The second-order valence-corrected chi connectivity index (χ2v) is 11.1. The van der Waals surface area contributed by atoms with Crippen molar-refractivity contribution in [2.45, 2.75) is 0 Å². The minimum Gasteiger partial charge on any atom is -0.310 e. The van der Waals surface area contributed by atoms with Gasteiger partial charge in [-0.2, -0.15) is 0 Å². The van der Waals surface area contributed by atoms with Crippen LogP contribution in [0, 0.1) is 0 Å². The molecule has 0 saturated heterocycles. The van der Waals surface area contributed by atoms with Gasteiger partial charge in [0.05, 0.1) is 22.4 Å². The van der Waals surface area contributed by atoms with Crippen molar-refractivity contribution in [1.29, 1.82) is 0 Å². The molecule has 3 heteroatoms. The molecular weight excluding hydrogens is 546 g/mol. The van der Waals surface area contributed by atoms with Crippen LogP contribution in [0.3, 0.4) is 0 Å². The van der Waals surface area contributed by atoms with E-state index in [-0.39, 0.29) is 0 Å². The highest BCUT2D eigenvalue weighted by Crippen LogP contribution is 2.38. The predicted molar refractivity (Wildman–Crippen MR) is 188 cm³/mol. The second kappa shape index (κ2) is 11.6. The molecule has 0 radical (unpaired) electrons. The van der Waals surface area contributed by atoms with E-state index in [1.807, 2.05) is 24.3 Å². The third kappa shape index (κ3) is 5.11. The lowest BCUT2D eigenvalue weighted by Crippen LogP contribution is -2.09. The van der Waals surface area contributed by atoms with Gasteiger partial charge in [-0.15, -0.1) is 0 Å². The molecule has 45 heavy (non-hydrogen) atoms. The van der Waals surface area contributed by atoms with E-state index in [0.717, 1.165) is 72.5 Å². The maximum absolute atomic E-state index is 5.29. The fourth-order valence-electron chi connectivity index (χ4n) is 6.05. The third-order valence-electron chi connectivity index (χ3n) is 8.21. The standard InChI is InChI=1S/C42H29N3/c1-5-14-30(15-6-1)40-41(31-16-7-2-8-17-31)44-42-38-26-24-33(28-34(38)25-27-39(42)43-40)32-18-13-23-37(29-32)45(35-19-9-3-10-20-35)36-21-11-4-12-22-36/h1-29H. The lowest BCUT2D eigenvalue weighted by Gasteiger charge is -2.26. The normalized spacial score (nSPS) is 11.1. The number of fused-ring (bicyclic) bond motifs is 3. The molecule has 0 bridgehead atoms. The van der Waals surface area contributed by atoms with Crippen molar-refractivity contribution in [3.05, 3.63) is 176 Å². The Hall–Kier alpha value is -6.06. The number of nitrogens with zero attached hydrogens (tertiary/aromatic N) is 3. The highest BCUT2D eigenvalue weighted by atomic mass is 15.1. The molecule has 1 heterocycles. The van der Waals surface area contributed by atoms with Gasteiger partial charge in [-0.25, -0.2) is 9.97 Å². The lowest BCUT2D eigenvalue weighted by molar-refractivity contribution is 1.28. The lowest BCUT2D eigenvalue weighted by atomic mass is 9.98. The minimum atomic E-state index is 0.886. The van der Waals surface area contributed by atoms with Crippen LogP contribution in [0.5, 0.6) is 0 Å². The van der Waals surface area contributed by atoms with Crippen molar-refractivity contribution in [2.75, 3.05) is 4.90 Å². The average Bonchev–Trinajstić information content (AvgIpc) is 3.13. The van der Waals surface area contributed by atoms with E-state index in [9.17, 15) is 0 Å². The predicted octanol–water partition coefficient (Wildman–Crippen LogP) is 11.3. The van der Waals surface area contributed by atoms with E-state index < -0.39 is 0 Å². The zero-order valence-electron chi connectivity index (χ0n) is 24.6. The first-order valence-corrected chi connectivity index (χ1v) is 15.2. The quantitative estimate of drug-likeness (QED) is 0.185. The van der Waals surface area contributed by atoms with Crippen molar-refractivity contribution < 1.29 is 0 Å². The van der Waals surface area contributed by atoms with Gasteiger partial charge >= 0.3 is 0 Å². The topological polar surface area (TPSA) is 29.0 Å². The number of aromatic nitrogens is 2. The molecule has 0 saturated carbocycles. The van der Waals surface area contributed by atoms with Gasteiger partial charge < -0.3 is 4.90 Å². The molecule has 0 amide bonds. The van der Waals surface area contributed by atoms with Gasteiger partial charge in [-0.05, 0) is 65.0 Å². The summed E-state index contributed by atoms with van der Waals surface area (Å²) in [4.78, 5) is 12.8. The Morgan fingerprint density at radius 3 is 1.49 bits per heavy atom. The summed E-state index contributed by atoms with van der Waals surface area (Å²) in [6.07, 6.45) is 0. The molecule has 8 aromatic rings. The molecule has 212 valence electrons. The fraction of sp³-hybridized carbons (Fsp3) is 0. The van der Waals surface area contributed by atoms with Gasteiger partial charge in [0.2, 0.25) is 0 Å². The number of para-hydroxylation sites is 2. The second-order valence-electron chi connectivity index (χ2n) is 11.1. The van der Waals surface area contributed by atoms with Gasteiger partial charge in [0.1, 0.15) is 0 Å². The van der Waals surface area contributed by atoms with Crippen LogP contribution < -0.4 is 4.90 Å². The number of hydrogen-bond acceptors (Lipinski definition) is 3. The maximum Gasteiger partial charge on any atom is 0.0973 e. The monoisotopic (exact) mass is 575 g/mol. The van der Waals surface area contributed by atoms with Gasteiger partial charge in [0, 0.05) is 33.6 Å². The van der Waals surface area contributed by atoms with Crippen molar-refractivity contribution >= 4 is 38.9 Å². The summed E-state index contributed by atoms with van der Waals surface area (Å²) in [5, 5.41) is 2.22. The molecule has 0 fully saturated rings. The first kappa shape index (κ1) is 26.6. The number of rotatable bonds is 6. The van der Waals surface area contributed by atoms with E-state index in [4.69, 9.17) is 9.97 Å². The SMILES string of the molecule is c1ccc(-c2nc3ccc4cc(-c5cccc(N(c6ccccc6)c6ccccc6)c5)ccc4c3nc2-c2ccccc2)cc1. The van der Waals surface area contributed by atoms with Gasteiger partial charge in [0.25, 0.3) is 0 Å². The number of benzene rings is 7. The van der Waals surface area contributed by atoms with Crippen molar-refractivity contribution in [3.8, 4) is 33.6 Å². The molecule has 1 aromatic heterocycles. The van der Waals surface area contributed by atoms with Gasteiger partial charge in [-0.1, -0.05) is 127 Å². The smallest absolute Gasteiger partial charge is 0.0973 e. The molecule has 0 atom stereocenters.